The van der Waals surface area contributed by atoms with Crippen molar-refractivity contribution in [2.24, 2.45) is 0 Å². The molecule has 0 radical (unpaired) electrons. The lowest BCUT2D eigenvalue weighted by Crippen LogP contribution is -1.86. The van der Waals surface area contributed by atoms with Crippen molar-refractivity contribution in [1.82, 2.24) is 0 Å². The van der Waals surface area contributed by atoms with Crippen LogP contribution in [0.2, 0.25) is 0 Å². The first kappa shape index (κ1) is 9.02. The molecule has 1 rings (SSSR count). The van der Waals surface area contributed by atoms with Crippen molar-refractivity contribution in [3.8, 4) is 23.7 Å². The van der Waals surface area contributed by atoms with Gasteiger partial charge in [-0.15, -0.1) is 0 Å². The SMILES string of the molecule is N#CC#Cc1cc(O)c(F)c(F)c1. The molecule has 0 atom stereocenters. The second-order valence-corrected chi connectivity index (χ2v) is 2.15. The summed E-state index contributed by atoms with van der Waals surface area (Å²) in [6.07, 6.45) is 0. The van der Waals surface area contributed by atoms with Gasteiger partial charge in [-0.25, -0.2) is 4.39 Å². The van der Waals surface area contributed by atoms with Gasteiger partial charge in [0.25, 0.3) is 0 Å². The summed E-state index contributed by atoms with van der Waals surface area (Å²) in [5.41, 5.74) is 0.0537. The van der Waals surface area contributed by atoms with E-state index in [9.17, 15) is 8.78 Å². The number of aromatic hydroxyl groups is 1. The van der Waals surface area contributed by atoms with E-state index in [1.165, 1.54) is 6.07 Å². The second-order valence-electron chi connectivity index (χ2n) is 2.15. The Labute approximate surface area is 73.0 Å². The predicted octanol–water partition coefficient (Wildman–Crippen LogP) is 1.55. The Kier molecular flexibility index (Phi) is 2.47. The van der Waals surface area contributed by atoms with Crippen molar-refractivity contribution in [2.45, 2.75) is 0 Å². The highest BCUT2D eigenvalue weighted by Crippen LogP contribution is 2.19. The number of nitrogens with zero attached hydrogens (tertiary/aromatic N) is 1. The highest BCUT2D eigenvalue weighted by molar-refractivity contribution is 5.42. The molecule has 0 fully saturated rings. The van der Waals surface area contributed by atoms with E-state index >= 15 is 0 Å². The van der Waals surface area contributed by atoms with Gasteiger partial charge >= 0.3 is 0 Å². The van der Waals surface area contributed by atoms with Crippen molar-refractivity contribution in [1.29, 1.82) is 5.26 Å². The Morgan fingerprint density at radius 1 is 1.31 bits per heavy atom. The van der Waals surface area contributed by atoms with E-state index in [-0.39, 0.29) is 5.56 Å². The molecule has 0 aromatic heterocycles. The average molecular weight is 179 g/mol. The fourth-order valence-electron chi connectivity index (χ4n) is 0.747. The maximum atomic E-state index is 12.6. The largest absolute Gasteiger partial charge is 0.505 e. The normalized spacial score (nSPS) is 8.38. The number of rotatable bonds is 0. The van der Waals surface area contributed by atoms with Crippen molar-refractivity contribution >= 4 is 0 Å². The first-order chi connectivity index (χ1) is 6.15. The van der Waals surface area contributed by atoms with Gasteiger partial charge in [0.05, 0.1) is 0 Å². The van der Waals surface area contributed by atoms with Gasteiger partial charge in [-0.3, -0.25) is 0 Å². The standard InChI is InChI=1S/C9H3F2NO/c10-7-4-6(2-1-3-12)5-8(13)9(7)11/h4-5,13H. The number of phenolic OH excluding ortho intramolecular Hbond substituents is 1. The molecule has 13 heavy (non-hydrogen) atoms. The summed E-state index contributed by atoms with van der Waals surface area (Å²) in [4.78, 5) is 0. The van der Waals surface area contributed by atoms with E-state index in [0.717, 1.165) is 12.1 Å². The zero-order valence-electron chi connectivity index (χ0n) is 6.31. The molecule has 0 aliphatic carbocycles. The van der Waals surface area contributed by atoms with Gasteiger partial charge in [-0.1, -0.05) is 5.92 Å². The molecule has 1 N–H and O–H groups in total. The van der Waals surface area contributed by atoms with Crippen LogP contribution in [-0.2, 0) is 0 Å². The lowest BCUT2D eigenvalue weighted by atomic mass is 10.2. The molecule has 0 spiro atoms. The topological polar surface area (TPSA) is 44.0 Å². The molecule has 1 aromatic carbocycles. The van der Waals surface area contributed by atoms with Crippen molar-refractivity contribution in [3.05, 3.63) is 29.3 Å². The summed E-state index contributed by atoms with van der Waals surface area (Å²) in [5, 5.41) is 16.9. The van der Waals surface area contributed by atoms with E-state index in [1.807, 2.05) is 5.92 Å². The summed E-state index contributed by atoms with van der Waals surface area (Å²) in [5.74, 6) is 0.892. The van der Waals surface area contributed by atoms with Crippen molar-refractivity contribution in [2.75, 3.05) is 0 Å². The maximum absolute atomic E-state index is 12.6. The minimum atomic E-state index is -1.32. The molecule has 0 aliphatic rings. The number of halogens is 2. The van der Waals surface area contributed by atoms with Gasteiger partial charge in [0.2, 0.25) is 0 Å². The van der Waals surface area contributed by atoms with Crippen LogP contribution in [0.5, 0.6) is 5.75 Å². The molecular weight excluding hydrogens is 176 g/mol. The minimum Gasteiger partial charge on any atom is -0.505 e. The van der Waals surface area contributed by atoms with E-state index in [0.29, 0.717) is 0 Å². The molecule has 0 unspecified atom stereocenters. The van der Waals surface area contributed by atoms with Crippen LogP contribution in [0.1, 0.15) is 5.56 Å². The molecule has 1 aromatic rings. The van der Waals surface area contributed by atoms with E-state index < -0.39 is 17.4 Å². The van der Waals surface area contributed by atoms with Crippen LogP contribution >= 0.6 is 0 Å². The maximum Gasteiger partial charge on any atom is 0.200 e. The molecule has 0 saturated carbocycles. The third kappa shape index (κ3) is 1.94. The number of phenols is 1. The smallest absolute Gasteiger partial charge is 0.200 e. The Morgan fingerprint density at radius 3 is 2.54 bits per heavy atom. The lowest BCUT2D eigenvalue weighted by Gasteiger charge is -1.96. The first-order valence-electron chi connectivity index (χ1n) is 3.23. The minimum absolute atomic E-state index is 0.0537. The third-order valence-electron chi connectivity index (χ3n) is 1.27. The average Bonchev–Trinajstić information content (AvgIpc) is 2.10. The molecule has 0 heterocycles. The number of hydrogen-bond acceptors (Lipinski definition) is 2. The molecular formula is C9H3F2NO. The van der Waals surface area contributed by atoms with Crippen LogP contribution in [0.3, 0.4) is 0 Å². The van der Waals surface area contributed by atoms with Gasteiger partial charge in [0.1, 0.15) is 0 Å². The Morgan fingerprint density at radius 2 is 2.00 bits per heavy atom. The van der Waals surface area contributed by atoms with Crippen LogP contribution in [-0.4, -0.2) is 5.11 Å². The summed E-state index contributed by atoms with van der Waals surface area (Å²) < 4.78 is 25.1. The second kappa shape index (κ2) is 3.55. The molecule has 2 nitrogen and oxygen atoms in total. The monoisotopic (exact) mass is 179 g/mol. The Bertz CT molecular complexity index is 414. The Hall–Kier alpha value is -2.07. The highest BCUT2D eigenvalue weighted by atomic mass is 19.2. The van der Waals surface area contributed by atoms with Gasteiger partial charge in [-0.2, -0.15) is 9.65 Å². The Balaban J connectivity index is 3.23. The van der Waals surface area contributed by atoms with E-state index in [4.69, 9.17) is 10.4 Å². The van der Waals surface area contributed by atoms with Crippen LogP contribution in [0, 0.1) is 34.8 Å². The van der Waals surface area contributed by atoms with Crippen molar-refractivity contribution < 1.29 is 13.9 Å². The van der Waals surface area contributed by atoms with E-state index in [2.05, 4.69) is 5.92 Å². The summed E-state index contributed by atoms with van der Waals surface area (Å²) in [7, 11) is 0. The van der Waals surface area contributed by atoms with Crippen LogP contribution < -0.4 is 0 Å². The number of nitriles is 1. The molecule has 0 bridgehead atoms. The van der Waals surface area contributed by atoms with Gasteiger partial charge in [0.15, 0.2) is 23.5 Å². The van der Waals surface area contributed by atoms with Crippen LogP contribution in [0.4, 0.5) is 8.78 Å². The highest BCUT2D eigenvalue weighted by Gasteiger charge is 2.07. The fraction of sp³-hybridized carbons (Fsp3) is 0. The number of benzene rings is 1. The predicted molar refractivity (Wildman–Crippen MR) is 40.5 cm³/mol. The zero-order chi connectivity index (χ0) is 9.84. The number of hydrogen-bond donors (Lipinski definition) is 1. The molecule has 64 valence electrons. The van der Waals surface area contributed by atoms with Crippen LogP contribution in [0.15, 0.2) is 12.1 Å². The quantitative estimate of drug-likeness (QED) is 0.614. The van der Waals surface area contributed by atoms with Crippen LogP contribution in [0.25, 0.3) is 0 Å². The van der Waals surface area contributed by atoms with Gasteiger partial charge < -0.3 is 5.11 Å². The molecule has 0 aliphatic heterocycles. The summed E-state index contributed by atoms with van der Waals surface area (Å²) in [6.45, 7) is 0. The van der Waals surface area contributed by atoms with Crippen molar-refractivity contribution in [3.63, 3.8) is 0 Å². The molecule has 0 amide bonds. The first-order valence-corrected chi connectivity index (χ1v) is 3.23. The molecule has 0 saturated heterocycles. The van der Waals surface area contributed by atoms with E-state index in [1.54, 1.807) is 0 Å². The molecule has 4 heteroatoms. The summed E-state index contributed by atoms with van der Waals surface area (Å²) >= 11 is 0. The zero-order valence-corrected chi connectivity index (χ0v) is 6.31. The third-order valence-corrected chi connectivity index (χ3v) is 1.27. The summed E-state index contributed by atoms with van der Waals surface area (Å²) in [6, 6.07) is 3.26. The van der Waals surface area contributed by atoms with Gasteiger partial charge in [0, 0.05) is 11.5 Å². The van der Waals surface area contributed by atoms with Gasteiger partial charge in [-0.05, 0) is 12.1 Å². The lowest BCUT2D eigenvalue weighted by molar-refractivity contribution is 0.407. The fourth-order valence-corrected chi connectivity index (χ4v) is 0.747.